The molecule has 0 saturated heterocycles. The predicted octanol–water partition coefficient (Wildman–Crippen LogP) is 3.38. The van der Waals surface area contributed by atoms with Crippen molar-refractivity contribution in [3.63, 3.8) is 0 Å². The van der Waals surface area contributed by atoms with Crippen LogP contribution in [0.25, 0.3) is 0 Å². The average molecular weight is 309 g/mol. The highest BCUT2D eigenvalue weighted by atomic mass is 79.9. The minimum absolute atomic E-state index is 0.0421. The fourth-order valence-corrected chi connectivity index (χ4v) is 1.96. The number of hydrogen-bond donors (Lipinski definition) is 1. The Balaban J connectivity index is 2.76. The molecule has 2 nitrogen and oxygen atoms in total. The van der Waals surface area contributed by atoms with Crippen LogP contribution in [-0.2, 0) is 0 Å². The summed E-state index contributed by atoms with van der Waals surface area (Å²) in [6.45, 7) is 1.98. The second-order valence-corrected chi connectivity index (χ2v) is 4.42. The maximum Gasteiger partial charge on any atom is 0.251 e. The zero-order valence-corrected chi connectivity index (χ0v) is 11.1. The molecular formula is C11H12BrClFNO. The number of benzene rings is 1. The van der Waals surface area contributed by atoms with Crippen molar-refractivity contribution in [2.45, 2.75) is 19.4 Å². The van der Waals surface area contributed by atoms with Gasteiger partial charge in [-0.05, 0) is 24.6 Å². The SMILES string of the molecule is CCC(CBr)NC(=O)c1ccc(F)c(Cl)c1. The molecule has 5 heteroatoms. The molecule has 1 rings (SSSR count). The number of hydrogen-bond acceptors (Lipinski definition) is 1. The van der Waals surface area contributed by atoms with Gasteiger partial charge in [0.1, 0.15) is 5.82 Å². The molecule has 0 heterocycles. The summed E-state index contributed by atoms with van der Waals surface area (Å²) in [7, 11) is 0. The van der Waals surface area contributed by atoms with E-state index in [4.69, 9.17) is 11.6 Å². The van der Waals surface area contributed by atoms with Gasteiger partial charge in [-0.25, -0.2) is 4.39 Å². The van der Waals surface area contributed by atoms with Gasteiger partial charge >= 0.3 is 0 Å². The highest BCUT2D eigenvalue weighted by Gasteiger charge is 2.12. The normalized spacial score (nSPS) is 12.2. The molecule has 1 aromatic carbocycles. The Bertz CT molecular complexity index is 382. The summed E-state index contributed by atoms with van der Waals surface area (Å²) in [5, 5.41) is 3.46. The molecule has 1 aromatic rings. The number of nitrogens with one attached hydrogen (secondary N) is 1. The Morgan fingerprint density at radius 2 is 2.31 bits per heavy atom. The fourth-order valence-electron chi connectivity index (χ4n) is 1.16. The standard InChI is InChI=1S/C11H12BrClFNO/c1-2-8(6-12)15-11(16)7-3-4-10(14)9(13)5-7/h3-5,8H,2,6H2,1H3,(H,15,16). The van der Waals surface area contributed by atoms with Crippen molar-refractivity contribution in [3.05, 3.63) is 34.6 Å². The number of amides is 1. The molecule has 0 aliphatic rings. The van der Waals surface area contributed by atoms with Gasteiger partial charge in [0.25, 0.3) is 5.91 Å². The van der Waals surface area contributed by atoms with Crippen molar-refractivity contribution in [1.82, 2.24) is 5.32 Å². The van der Waals surface area contributed by atoms with E-state index >= 15 is 0 Å². The van der Waals surface area contributed by atoms with E-state index in [2.05, 4.69) is 21.2 Å². The molecular weight excluding hydrogens is 296 g/mol. The lowest BCUT2D eigenvalue weighted by Gasteiger charge is -2.13. The van der Waals surface area contributed by atoms with Gasteiger partial charge in [0.05, 0.1) is 5.02 Å². The van der Waals surface area contributed by atoms with Crippen LogP contribution in [0.2, 0.25) is 5.02 Å². The van der Waals surface area contributed by atoms with Crippen LogP contribution in [0.15, 0.2) is 18.2 Å². The molecule has 0 fully saturated rings. The average Bonchev–Trinajstić information content (AvgIpc) is 2.29. The number of rotatable bonds is 4. The third kappa shape index (κ3) is 3.46. The number of alkyl halides is 1. The van der Waals surface area contributed by atoms with Gasteiger partial charge in [0.2, 0.25) is 0 Å². The topological polar surface area (TPSA) is 29.1 Å². The van der Waals surface area contributed by atoms with E-state index in [1.54, 1.807) is 0 Å². The van der Waals surface area contributed by atoms with Crippen LogP contribution >= 0.6 is 27.5 Å². The molecule has 0 aromatic heterocycles. The van der Waals surface area contributed by atoms with E-state index < -0.39 is 5.82 Å². The lowest BCUT2D eigenvalue weighted by molar-refractivity contribution is 0.0940. The van der Waals surface area contributed by atoms with Gasteiger partial charge in [-0.3, -0.25) is 4.79 Å². The van der Waals surface area contributed by atoms with Crippen LogP contribution in [0.1, 0.15) is 23.7 Å². The number of carbonyl (C=O) groups excluding carboxylic acids is 1. The highest BCUT2D eigenvalue weighted by molar-refractivity contribution is 9.09. The first-order valence-corrected chi connectivity index (χ1v) is 6.40. The summed E-state index contributed by atoms with van der Waals surface area (Å²) in [5.41, 5.74) is 0.366. The summed E-state index contributed by atoms with van der Waals surface area (Å²) in [6, 6.07) is 3.99. The van der Waals surface area contributed by atoms with Crippen molar-refractivity contribution in [2.75, 3.05) is 5.33 Å². The van der Waals surface area contributed by atoms with E-state index in [0.29, 0.717) is 10.9 Å². The second kappa shape index (κ2) is 6.21. The van der Waals surface area contributed by atoms with Crippen LogP contribution < -0.4 is 5.32 Å². The molecule has 0 radical (unpaired) electrons. The molecule has 1 amide bonds. The van der Waals surface area contributed by atoms with E-state index in [-0.39, 0.29) is 17.0 Å². The van der Waals surface area contributed by atoms with E-state index in [1.165, 1.54) is 18.2 Å². The quantitative estimate of drug-likeness (QED) is 0.849. The number of carbonyl (C=O) groups is 1. The molecule has 1 N–H and O–H groups in total. The monoisotopic (exact) mass is 307 g/mol. The molecule has 0 aliphatic carbocycles. The molecule has 0 saturated carbocycles. The van der Waals surface area contributed by atoms with E-state index in [0.717, 1.165) is 6.42 Å². The third-order valence-electron chi connectivity index (χ3n) is 2.20. The van der Waals surface area contributed by atoms with Crippen molar-refractivity contribution >= 4 is 33.4 Å². The summed E-state index contributed by atoms with van der Waals surface area (Å²) in [4.78, 5) is 11.7. The van der Waals surface area contributed by atoms with Crippen molar-refractivity contribution in [3.8, 4) is 0 Å². The first-order valence-electron chi connectivity index (χ1n) is 4.90. The summed E-state index contributed by atoms with van der Waals surface area (Å²) >= 11 is 8.90. The molecule has 1 unspecified atom stereocenters. The Morgan fingerprint density at radius 3 is 2.81 bits per heavy atom. The van der Waals surface area contributed by atoms with Crippen LogP contribution in [-0.4, -0.2) is 17.3 Å². The summed E-state index contributed by atoms with van der Waals surface area (Å²) < 4.78 is 12.9. The lowest BCUT2D eigenvalue weighted by Crippen LogP contribution is -2.35. The van der Waals surface area contributed by atoms with E-state index in [9.17, 15) is 9.18 Å². The van der Waals surface area contributed by atoms with Crippen molar-refractivity contribution in [2.24, 2.45) is 0 Å². The Labute approximate surface area is 107 Å². The Hall–Kier alpha value is -0.610. The zero-order chi connectivity index (χ0) is 12.1. The molecule has 0 bridgehead atoms. The third-order valence-corrected chi connectivity index (χ3v) is 3.27. The molecule has 88 valence electrons. The Kier molecular flexibility index (Phi) is 5.22. The lowest BCUT2D eigenvalue weighted by atomic mass is 10.2. The highest BCUT2D eigenvalue weighted by Crippen LogP contribution is 2.16. The molecule has 1 atom stereocenters. The van der Waals surface area contributed by atoms with Crippen LogP contribution in [0.3, 0.4) is 0 Å². The summed E-state index contributed by atoms with van der Waals surface area (Å²) in [6.07, 6.45) is 0.825. The minimum Gasteiger partial charge on any atom is -0.348 e. The first kappa shape index (κ1) is 13.5. The van der Waals surface area contributed by atoms with Gasteiger partial charge in [-0.15, -0.1) is 0 Å². The van der Waals surface area contributed by atoms with Crippen LogP contribution in [0.4, 0.5) is 4.39 Å². The van der Waals surface area contributed by atoms with Gasteiger partial charge in [-0.1, -0.05) is 34.5 Å². The van der Waals surface area contributed by atoms with Crippen LogP contribution in [0.5, 0.6) is 0 Å². The van der Waals surface area contributed by atoms with E-state index in [1.807, 2.05) is 6.92 Å². The smallest absolute Gasteiger partial charge is 0.251 e. The maximum absolute atomic E-state index is 12.9. The molecule has 0 aliphatic heterocycles. The molecule has 16 heavy (non-hydrogen) atoms. The van der Waals surface area contributed by atoms with Gasteiger partial charge in [-0.2, -0.15) is 0 Å². The van der Waals surface area contributed by atoms with Gasteiger partial charge in [0, 0.05) is 16.9 Å². The van der Waals surface area contributed by atoms with Crippen LogP contribution in [0, 0.1) is 5.82 Å². The largest absolute Gasteiger partial charge is 0.348 e. The minimum atomic E-state index is -0.522. The second-order valence-electron chi connectivity index (χ2n) is 3.36. The van der Waals surface area contributed by atoms with Gasteiger partial charge in [0.15, 0.2) is 0 Å². The maximum atomic E-state index is 12.9. The number of halogens is 3. The van der Waals surface area contributed by atoms with Gasteiger partial charge < -0.3 is 5.32 Å². The zero-order valence-electron chi connectivity index (χ0n) is 8.77. The molecule has 0 spiro atoms. The summed E-state index contributed by atoms with van der Waals surface area (Å²) in [5.74, 6) is -0.765. The first-order chi connectivity index (χ1) is 7.58. The fraction of sp³-hybridized carbons (Fsp3) is 0.364. The predicted molar refractivity (Wildman–Crippen MR) is 66.7 cm³/mol. The van der Waals surface area contributed by atoms with Crippen molar-refractivity contribution < 1.29 is 9.18 Å². The van der Waals surface area contributed by atoms with Crippen molar-refractivity contribution in [1.29, 1.82) is 0 Å². The Morgan fingerprint density at radius 1 is 1.62 bits per heavy atom.